The van der Waals surface area contributed by atoms with Crippen molar-refractivity contribution in [3.05, 3.63) is 12.7 Å². The van der Waals surface area contributed by atoms with E-state index in [1.807, 2.05) is 6.08 Å². The van der Waals surface area contributed by atoms with Crippen molar-refractivity contribution in [1.82, 2.24) is 0 Å². The Morgan fingerprint density at radius 2 is 1.64 bits per heavy atom. The smallest absolute Gasteiger partial charge is 0.0127 e. The molecule has 0 saturated carbocycles. The molecule has 0 spiro atoms. The molecular weight excluding hydrogens is 134 g/mol. The van der Waals surface area contributed by atoms with E-state index in [1.54, 1.807) is 0 Å². The van der Waals surface area contributed by atoms with Crippen LogP contribution in [0.5, 0.6) is 0 Å². The van der Waals surface area contributed by atoms with E-state index in [2.05, 4.69) is 34.3 Å². The van der Waals surface area contributed by atoms with Gasteiger partial charge < -0.3 is 5.73 Å². The first kappa shape index (κ1) is 10.7. The topological polar surface area (TPSA) is 26.0 Å². The summed E-state index contributed by atoms with van der Waals surface area (Å²) < 4.78 is 0. The van der Waals surface area contributed by atoms with E-state index in [-0.39, 0.29) is 6.04 Å². The normalized spacial score (nSPS) is 19.5. The molecule has 0 aromatic carbocycles. The average molecular weight is 155 g/mol. The minimum Gasteiger partial charge on any atom is -0.327 e. The summed E-state index contributed by atoms with van der Waals surface area (Å²) in [5, 5.41) is 0. The fraction of sp³-hybridized carbons (Fsp3) is 0.800. The molecule has 11 heavy (non-hydrogen) atoms. The lowest BCUT2D eigenvalue weighted by Crippen LogP contribution is -2.36. The van der Waals surface area contributed by atoms with Crippen LogP contribution < -0.4 is 5.73 Å². The molecule has 0 aliphatic carbocycles. The third kappa shape index (κ3) is 3.06. The van der Waals surface area contributed by atoms with Gasteiger partial charge in [0.05, 0.1) is 0 Å². The molecule has 1 heteroatoms. The lowest BCUT2D eigenvalue weighted by molar-refractivity contribution is 0.306. The van der Waals surface area contributed by atoms with Gasteiger partial charge in [-0.3, -0.25) is 0 Å². The monoisotopic (exact) mass is 155 g/mol. The number of hydrogen-bond donors (Lipinski definition) is 1. The summed E-state index contributed by atoms with van der Waals surface area (Å²) in [6.07, 6.45) is 1.93. The molecule has 1 nitrogen and oxygen atoms in total. The van der Waals surface area contributed by atoms with Gasteiger partial charge in [0.15, 0.2) is 0 Å². The van der Waals surface area contributed by atoms with Crippen molar-refractivity contribution in [3.63, 3.8) is 0 Å². The summed E-state index contributed by atoms with van der Waals surface area (Å²) in [4.78, 5) is 0. The summed E-state index contributed by atoms with van der Waals surface area (Å²) in [6.45, 7) is 12.5. The molecule has 0 aromatic rings. The largest absolute Gasteiger partial charge is 0.327 e. The van der Waals surface area contributed by atoms with E-state index in [0.717, 1.165) is 0 Å². The lowest BCUT2D eigenvalue weighted by atomic mass is 9.84. The predicted octanol–water partition coefficient (Wildman–Crippen LogP) is 2.43. The van der Waals surface area contributed by atoms with E-state index in [1.165, 1.54) is 0 Å². The molecule has 0 aromatic heterocycles. The van der Waals surface area contributed by atoms with Crippen LogP contribution in [-0.4, -0.2) is 6.04 Å². The Labute approximate surface area is 70.7 Å². The summed E-state index contributed by atoms with van der Waals surface area (Å²) >= 11 is 0. The zero-order valence-corrected chi connectivity index (χ0v) is 8.17. The Hall–Kier alpha value is -0.300. The maximum Gasteiger partial charge on any atom is 0.0127 e. The van der Waals surface area contributed by atoms with E-state index < -0.39 is 0 Å². The van der Waals surface area contributed by atoms with Crippen LogP contribution in [-0.2, 0) is 0 Å². The molecule has 0 fully saturated rings. The standard InChI is InChI=1S/C10H21N/c1-6-8(4)10(11)9(5)7(2)3/h6-10H,1,11H2,2-5H3/t8?,9-,10?/m0/s1. The Morgan fingerprint density at radius 3 is 1.91 bits per heavy atom. The van der Waals surface area contributed by atoms with E-state index in [4.69, 9.17) is 5.73 Å². The van der Waals surface area contributed by atoms with Crippen molar-refractivity contribution in [1.29, 1.82) is 0 Å². The van der Waals surface area contributed by atoms with Crippen LogP contribution in [0.4, 0.5) is 0 Å². The fourth-order valence-corrected chi connectivity index (χ4v) is 1.08. The molecule has 0 saturated heterocycles. The van der Waals surface area contributed by atoms with Crippen LogP contribution in [0.2, 0.25) is 0 Å². The van der Waals surface area contributed by atoms with Crippen molar-refractivity contribution in [3.8, 4) is 0 Å². The summed E-state index contributed by atoms with van der Waals surface area (Å²) in [5.74, 6) is 1.66. The van der Waals surface area contributed by atoms with Gasteiger partial charge in [-0.25, -0.2) is 0 Å². The van der Waals surface area contributed by atoms with Gasteiger partial charge in [0.1, 0.15) is 0 Å². The van der Waals surface area contributed by atoms with Gasteiger partial charge in [-0.05, 0) is 17.8 Å². The highest BCUT2D eigenvalue weighted by molar-refractivity contribution is 4.87. The van der Waals surface area contributed by atoms with E-state index in [9.17, 15) is 0 Å². The minimum absolute atomic E-state index is 0.257. The molecule has 0 rings (SSSR count). The van der Waals surface area contributed by atoms with Gasteiger partial charge in [-0.2, -0.15) is 0 Å². The molecule has 3 atom stereocenters. The summed E-state index contributed by atoms with van der Waals surface area (Å²) in [7, 11) is 0. The first-order chi connectivity index (χ1) is 5.00. The molecule has 0 amide bonds. The second kappa shape index (κ2) is 4.55. The quantitative estimate of drug-likeness (QED) is 0.620. The van der Waals surface area contributed by atoms with Crippen molar-refractivity contribution in [2.75, 3.05) is 0 Å². The van der Waals surface area contributed by atoms with Crippen molar-refractivity contribution in [2.24, 2.45) is 23.5 Å². The van der Waals surface area contributed by atoms with E-state index in [0.29, 0.717) is 17.8 Å². The van der Waals surface area contributed by atoms with Gasteiger partial charge in [-0.15, -0.1) is 6.58 Å². The molecule has 2 N–H and O–H groups in total. The number of hydrogen-bond acceptors (Lipinski definition) is 1. The highest BCUT2D eigenvalue weighted by Crippen LogP contribution is 2.18. The van der Waals surface area contributed by atoms with Gasteiger partial charge in [-0.1, -0.05) is 33.8 Å². The average Bonchev–Trinajstić information content (AvgIpc) is 2.00. The zero-order chi connectivity index (χ0) is 9.02. The molecule has 0 bridgehead atoms. The second-order valence-corrected chi connectivity index (χ2v) is 3.78. The SMILES string of the molecule is C=CC(C)C(N)[C@@H](C)C(C)C. The summed E-state index contributed by atoms with van der Waals surface area (Å²) in [6, 6.07) is 0.257. The van der Waals surface area contributed by atoms with Crippen LogP contribution in [0.3, 0.4) is 0 Å². The maximum absolute atomic E-state index is 6.00. The van der Waals surface area contributed by atoms with Crippen LogP contribution in [0.15, 0.2) is 12.7 Å². The molecule has 0 heterocycles. The summed E-state index contributed by atoms with van der Waals surface area (Å²) in [5.41, 5.74) is 6.00. The highest BCUT2D eigenvalue weighted by Gasteiger charge is 2.19. The zero-order valence-electron chi connectivity index (χ0n) is 8.17. The van der Waals surface area contributed by atoms with Gasteiger partial charge in [0.2, 0.25) is 0 Å². The first-order valence-corrected chi connectivity index (χ1v) is 4.38. The van der Waals surface area contributed by atoms with Crippen molar-refractivity contribution >= 4 is 0 Å². The molecule has 0 aliphatic heterocycles. The molecule has 66 valence electrons. The second-order valence-electron chi connectivity index (χ2n) is 3.78. The maximum atomic E-state index is 6.00. The van der Waals surface area contributed by atoms with Gasteiger partial charge in [0.25, 0.3) is 0 Å². The number of rotatable bonds is 4. The van der Waals surface area contributed by atoms with Crippen LogP contribution in [0.25, 0.3) is 0 Å². The number of nitrogens with two attached hydrogens (primary N) is 1. The first-order valence-electron chi connectivity index (χ1n) is 4.38. The Kier molecular flexibility index (Phi) is 4.43. The van der Waals surface area contributed by atoms with Crippen LogP contribution >= 0.6 is 0 Å². The molecular formula is C10H21N. The molecule has 2 unspecified atom stereocenters. The third-order valence-electron chi connectivity index (χ3n) is 2.64. The van der Waals surface area contributed by atoms with Crippen LogP contribution in [0, 0.1) is 17.8 Å². The van der Waals surface area contributed by atoms with Crippen molar-refractivity contribution < 1.29 is 0 Å². The Balaban J connectivity index is 4.00. The molecule has 0 radical (unpaired) electrons. The van der Waals surface area contributed by atoms with Gasteiger partial charge in [0, 0.05) is 6.04 Å². The van der Waals surface area contributed by atoms with E-state index >= 15 is 0 Å². The predicted molar refractivity (Wildman–Crippen MR) is 51.3 cm³/mol. The van der Waals surface area contributed by atoms with Crippen LogP contribution in [0.1, 0.15) is 27.7 Å². The molecule has 0 aliphatic rings. The van der Waals surface area contributed by atoms with Gasteiger partial charge >= 0.3 is 0 Å². The third-order valence-corrected chi connectivity index (χ3v) is 2.64. The lowest BCUT2D eigenvalue weighted by Gasteiger charge is -2.26. The fourth-order valence-electron chi connectivity index (χ4n) is 1.08. The highest BCUT2D eigenvalue weighted by atomic mass is 14.7. The Morgan fingerprint density at radius 1 is 1.18 bits per heavy atom. The minimum atomic E-state index is 0.257. The Bertz CT molecular complexity index is 118. The van der Waals surface area contributed by atoms with Crippen molar-refractivity contribution in [2.45, 2.75) is 33.7 Å².